The van der Waals surface area contributed by atoms with Crippen LogP contribution in [0.4, 0.5) is 24.7 Å². The van der Waals surface area contributed by atoms with Crippen molar-refractivity contribution in [3.05, 3.63) is 18.3 Å². The first-order valence-corrected chi connectivity index (χ1v) is 6.20. The highest BCUT2D eigenvalue weighted by Crippen LogP contribution is 2.22. The van der Waals surface area contributed by atoms with Crippen molar-refractivity contribution in [3.63, 3.8) is 0 Å². The third kappa shape index (κ3) is 3.52. The summed E-state index contributed by atoms with van der Waals surface area (Å²) in [6.07, 6.45) is -2.38. The number of nitrogens with one attached hydrogen (secondary N) is 1. The van der Waals surface area contributed by atoms with E-state index in [9.17, 15) is 18.0 Å². The molecule has 3 N–H and O–H groups in total. The van der Waals surface area contributed by atoms with Crippen molar-refractivity contribution >= 4 is 17.4 Å². The van der Waals surface area contributed by atoms with Crippen LogP contribution in [0.15, 0.2) is 18.3 Å². The molecule has 2 rings (SSSR count). The fourth-order valence-corrected chi connectivity index (χ4v) is 2.11. The zero-order valence-corrected chi connectivity index (χ0v) is 10.7. The number of piperidine rings is 1. The maximum absolute atomic E-state index is 12.3. The average molecular weight is 288 g/mol. The smallest absolute Gasteiger partial charge is 0.397 e. The van der Waals surface area contributed by atoms with E-state index in [1.165, 1.54) is 6.20 Å². The molecule has 1 saturated heterocycles. The van der Waals surface area contributed by atoms with E-state index >= 15 is 0 Å². The number of nitrogen functional groups attached to an aromatic ring is 1. The van der Waals surface area contributed by atoms with Crippen LogP contribution >= 0.6 is 0 Å². The minimum Gasteiger partial charge on any atom is -0.397 e. The summed E-state index contributed by atoms with van der Waals surface area (Å²) in [7, 11) is 0. The van der Waals surface area contributed by atoms with Gasteiger partial charge in [0.25, 0.3) is 0 Å². The second kappa shape index (κ2) is 5.56. The molecule has 110 valence electrons. The predicted molar refractivity (Wildman–Crippen MR) is 67.9 cm³/mol. The first-order valence-electron chi connectivity index (χ1n) is 6.20. The van der Waals surface area contributed by atoms with Crippen LogP contribution in [0.3, 0.4) is 0 Å². The Kier molecular flexibility index (Phi) is 4.01. The van der Waals surface area contributed by atoms with Crippen molar-refractivity contribution in [2.45, 2.75) is 25.1 Å². The number of halogens is 3. The van der Waals surface area contributed by atoms with E-state index in [0.717, 1.165) is 4.90 Å². The number of alkyl halides is 3. The molecule has 0 aromatic carbocycles. The number of likely N-dealkylation sites (tertiary alicyclic amines) is 1. The average Bonchev–Trinajstić information content (AvgIpc) is 2.40. The van der Waals surface area contributed by atoms with Gasteiger partial charge < -0.3 is 16.0 Å². The van der Waals surface area contributed by atoms with Gasteiger partial charge in [0.1, 0.15) is 5.82 Å². The van der Waals surface area contributed by atoms with Crippen molar-refractivity contribution in [3.8, 4) is 0 Å². The summed E-state index contributed by atoms with van der Waals surface area (Å²) in [5, 5.41) is 3.12. The van der Waals surface area contributed by atoms with E-state index in [2.05, 4.69) is 10.3 Å². The Morgan fingerprint density at radius 2 is 2.00 bits per heavy atom. The number of aromatic nitrogens is 1. The summed E-state index contributed by atoms with van der Waals surface area (Å²) in [6.45, 7) is 0.177. The van der Waals surface area contributed by atoms with Gasteiger partial charge in [-0.1, -0.05) is 0 Å². The number of nitrogens with two attached hydrogens (primary N) is 1. The normalized spacial score (nSPS) is 17.1. The van der Waals surface area contributed by atoms with Crippen LogP contribution in [0.2, 0.25) is 0 Å². The molecule has 0 atom stereocenters. The molecule has 0 bridgehead atoms. The number of nitrogens with zero attached hydrogens (tertiary/aromatic N) is 2. The van der Waals surface area contributed by atoms with E-state index in [1.807, 2.05) is 0 Å². The van der Waals surface area contributed by atoms with Crippen LogP contribution in [0.1, 0.15) is 12.8 Å². The van der Waals surface area contributed by atoms with Gasteiger partial charge in [-0.25, -0.2) is 4.98 Å². The summed E-state index contributed by atoms with van der Waals surface area (Å²) in [4.78, 5) is 16.0. The van der Waals surface area contributed by atoms with Crippen LogP contribution in [0.5, 0.6) is 0 Å². The minimum absolute atomic E-state index is 0.00316. The molecule has 0 aliphatic carbocycles. The lowest BCUT2D eigenvalue weighted by atomic mass is 10.0. The Morgan fingerprint density at radius 3 is 2.50 bits per heavy atom. The highest BCUT2D eigenvalue weighted by Gasteiger charge is 2.43. The molecule has 0 radical (unpaired) electrons. The van der Waals surface area contributed by atoms with Gasteiger partial charge in [0.2, 0.25) is 0 Å². The van der Waals surface area contributed by atoms with E-state index in [0.29, 0.717) is 24.3 Å². The van der Waals surface area contributed by atoms with Gasteiger partial charge in [-0.3, -0.25) is 4.79 Å². The number of hydrogen-bond donors (Lipinski definition) is 2. The van der Waals surface area contributed by atoms with E-state index in [1.54, 1.807) is 12.1 Å². The van der Waals surface area contributed by atoms with E-state index in [-0.39, 0.29) is 19.1 Å². The molecule has 1 aliphatic heterocycles. The second-order valence-corrected chi connectivity index (χ2v) is 4.69. The molecule has 1 aromatic heterocycles. The highest BCUT2D eigenvalue weighted by atomic mass is 19.4. The lowest BCUT2D eigenvalue weighted by Gasteiger charge is -2.32. The lowest BCUT2D eigenvalue weighted by molar-refractivity contribution is -0.186. The largest absolute Gasteiger partial charge is 0.471 e. The first kappa shape index (κ1) is 14.4. The maximum atomic E-state index is 12.3. The van der Waals surface area contributed by atoms with Crippen LogP contribution in [-0.2, 0) is 4.79 Å². The summed E-state index contributed by atoms with van der Waals surface area (Å²) in [5.41, 5.74) is 6.05. The van der Waals surface area contributed by atoms with Gasteiger partial charge in [0.15, 0.2) is 0 Å². The number of anilines is 2. The summed E-state index contributed by atoms with van der Waals surface area (Å²) in [6, 6.07) is 3.41. The molecule has 0 spiro atoms. The third-order valence-electron chi connectivity index (χ3n) is 3.16. The summed E-state index contributed by atoms with van der Waals surface area (Å²) >= 11 is 0. The Balaban J connectivity index is 1.85. The van der Waals surface area contributed by atoms with Gasteiger partial charge in [0.05, 0.1) is 11.9 Å². The molecular formula is C12H15F3N4O. The van der Waals surface area contributed by atoms with Gasteiger partial charge in [0, 0.05) is 19.1 Å². The minimum atomic E-state index is -4.79. The number of pyridine rings is 1. The topological polar surface area (TPSA) is 71.2 Å². The van der Waals surface area contributed by atoms with E-state index < -0.39 is 12.1 Å². The van der Waals surface area contributed by atoms with Crippen LogP contribution < -0.4 is 11.1 Å². The Hall–Kier alpha value is -1.99. The van der Waals surface area contributed by atoms with Gasteiger partial charge in [-0.15, -0.1) is 0 Å². The predicted octanol–water partition coefficient (Wildman–Crippen LogP) is 1.63. The van der Waals surface area contributed by atoms with Crippen molar-refractivity contribution in [1.29, 1.82) is 0 Å². The Bertz CT molecular complexity index is 467. The summed E-state index contributed by atoms with van der Waals surface area (Å²) in [5.74, 6) is -1.14. The number of carbonyl (C=O) groups excluding carboxylic acids is 1. The summed E-state index contributed by atoms with van der Waals surface area (Å²) < 4.78 is 36.9. The molecule has 1 fully saturated rings. The number of amides is 1. The zero-order valence-electron chi connectivity index (χ0n) is 10.7. The molecule has 8 heteroatoms. The Labute approximate surface area is 114 Å². The molecule has 1 aromatic rings. The van der Waals surface area contributed by atoms with Crippen molar-refractivity contribution in [2.75, 3.05) is 24.1 Å². The van der Waals surface area contributed by atoms with Crippen molar-refractivity contribution in [2.24, 2.45) is 0 Å². The quantitative estimate of drug-likeness (QED) is 0.867. The molecular weight excluding hydrogens is 273 g/mol. The molecule has 0 saturated carbocycles. The van der Waals surface area contributed by atoms with Gasteiger partial charge >= 0.3 is 12.1 Å². The molecule has 0 unspecified atom stereocenters. The van der Waals surface area contributed by atoms with Gasteiger partial charge in [-0.2, -0.15) is 13.2 Å². The maximum Gasteiger partial charge on any atom is 0.471 e. The molecule has 1 amide bonds. The Morgan fingerprint density at radius 1 is 1.35 bits per heavy atom. The lowest BCUT2D eigenvalue weighted by Crippen LogP contribution is -2.47. The second-order valence-electron chi connectivity index (χ2n) is 4.69. The first-order chi connectivity index (χ1) is 9.36. The molecule has 20 heavy (non-hydrogen) atoms. The number of hydrogen-bond acceptors (Lipinski definition) is 4. The van der Waals surface area contributed by atoms with Crippen LogP contribution in [0, 0.1) is 0 Å². The standard InChI is InChI=1S/C12H15F3N4O/c13-12(14,15)11(20)19-5-3-9(4-6-19)18-10-2-1-8(16)7-17-10/h1-2,7,9H,3-6,16H2,(H,17,18). The number of carbonyl (C=O) groups is 1. The number of rotatable bonds is 2. The fraction of sp³-hybridized carbons (Fsp3) is 0.500. The third-order valence-corrected chi connectivity index (χ3v) is 3.16. The van der Waals surface area contributed by atoms with Crippen molar-refractivity contribution in [1.82, 2.24) is 9.88 Å². The van der Waals surface area contributed by atoms with Crippen LogP contribution in [0.25, 0.3) is 0 Å². The zero-order chi connectivity index (χ0) is 14.8. The van der Waals surface area contributed by atoms with Crippen molar-refractivity contribution < 1.29 is 18.0 Å². The van der Waals surface area contributed by atoms with E-state index in [4.69, 9.17) is 5.73 Å². The monoisotopic (exact) mass is 288 g/mol. The van der Waals surface area contributed by atoms with Gasteiger partial charge in [-0.05, 0) is 25.0 Å². The fourth-order valence-electron chi connectivity index (χ4n) is 2.11. The molecule has 2 heterocycles. The molecule has 5 nitrogen and oxygen atoms in total. The van der Waals surface area contributed by atoms with Crippen LogP contribution in [-0.4, -0.2) is 41.1 Å². The highest BCUT2D eigenvalue weighted by molar-refractivity contribution is 5.81. The molecule has 1 aliphatic rings. The SMILES string of the molecule is Nc1ccc(NC2CCN(C(=O)C(F)(F)F)CC2)nc1.